The van der Waals surface area contributed by atoms with Gasteiger partial charge in [0.15, 0.2) is 0 Å². The number of thiazole rings is 1. The van der Waals surface area contributed by atoms with Gasteiger partial charge in [-0.15, -0.1) is 11.3 Å². The van der Waals surface area contributed by atoms with Crippen molar-refractivity contribution in [3.8, 4) is 0 Å². The second kappa shape index (κ2) is 5.10. The van der Waals surface area contributed by atoms with Crippen molar-refractivity contribution in [1.82, 2.24) is 4.98 Å². The van der Waals surface area contributed by atoms with Crippen LogP contribution in [0.5, 0.6) is 0 Å². The van der Waals surface area contributed by atoms with E-state index in [1.165, 1.54) is 4.88 Å². The third-order valence-corrected chi connectivity index (χ3v) is 3.04. The minimum absolute atomic E-state index is 0.197. The molecule has 1 heterocycles. The molecule has 0 aliphatic carbocycles. The maximum absolute atomic E-state index is 11.1. The molecule has 0 amide bonds. The Kier molecular flexibility index (Phi) is 4.07. The van der Waals surface area contributed by atoms with Crippen molar-refractivity contribution < 1.29 is 9.53 Å². The molecule has 0 radical (unpaired) electrons. The van der Waals surface area contributed by atoms with Crippen LogP contribution in [0.3, 0.4) is 0 Å². The number of carbonyl (C=O) groups excluding carboxylic acids is 1. The molecule has 0 N–H and O–H groups in total. The van der Waals surface area contributed by atoms with Crippen LogP contribution in [0.15, 0.2) is 6.20 Å². The van der Waals surface area contributed by atoms with Crippen molar-refractivity contribution >= 4 is 17.3 Å². The third-order valence-electron chi connectivity index (χ3n) is 1.74. The van der Waals surface area contributed by atoms with Gasteiger partial charge >= 0.3 is 5.97 Å². The second-order valence-corrected chi connectivity index (χ2v) is 4.44. The Morgan fingerprint density at radius 1 is 1.64 bits per heavy atom. The number of nitrogens with zero attached hydrogens (tertiary/aromatic N) is 1. The van der Waals surface area contributed by atoms with Crippen molar-refractivity contribution in [2.75, 3.05) is 6.61 Å². The van der Waals surface area contributed by atoms with E-state index in [2.05, 4.69) is 18.8 Å². The molecule has 1 aromatic rings. The van der Waals surface area contributed by atoms with Gasteiger partial charge in [0.05, 0.1) is 13.0 Å². The zero-order valence-corrected chi connectivity index (χ0v) is 9.56. The standard InChI is InChI=1S/C10H15NO2S/c1-4-13-10(12)5-9-11-6-8(14-9)7(2)3/h6-7H,4-5H2,1-3H3. The molecule has 4 heteroatoms. The Balaban J connectivity index is 2.55. The Morgan fingerprint density at radius 3 is 2.86 bits per heavy atom. The number of hydrogen-bond donors (Lipinski definition) is 0. The smallest absolute Gasteiger partial charge is 0.312 e. The highest BCUT2D eigenvalue weighted by atomic mass is 32.1. The van der Waals surface area contributed by atoms with Crippen LogP contribution in [0.1, 0.15) is 36.6 Å². The van der Waals surface area contributed by atoms with E-state index in [9.17, 15) is 4.79 Å². The van der Waals surface area contributed by atoms with Gasteiger partial charge in [-0.2, -0.15) is 0 Å². The summed E-state index contributed by atoms with van der Waals surface area (Å²) in [4.78, 5) is 16.5. The number of esters is 1. The van der Waals surface area contributed by atoms with Crippen LogP contribution < -0.4 is 0 Å². The average molecular weight is 213 g/mol. The van der Waals surface area contributed by atoms with Crippen molar-refractivity contribution in [3.05, 3.63) is 16.1 Å². The number of carbonyl (C=O) groups is 1. The molecule has 0 bridgehead atoms. The maximum atomic E-state index is 11.1. The van der Waals surface area contributed by atoms with E-state index in [0.29, 0.717) is 18.9 Å². The quantitative estimate of drug-likeness (QED) is 0.721. The summed E-state index contributed by atoms with van der Waals surface area (Å²) in [6.07, 6.45) is 2.13. The molecule has 0 aromatic carbocycles. The molecule has 0 atom stereocenters. The van der Waals surface area contributed by atoms with Gasteiger partial charge in [0.1, 0.15) is 5.01 Å². The molecule has 78 valence electrons. The maximum Gasteiger partial charge on any atom is 0.312 e. The van der Waals surface area contributed by atoms with Crippen molar-refractivity contribution in [2.24, 2.45) is 0 Å². The zero-order chi connectivity index (χ0) is 10.6. The Hall–Kier alpha value is -0.900. The Bertz CT molecular complexity index is 307. The number of aromatic nitrogens is 1. The minimum atomic E-state index is -0.197. The van der Waals surface area contributed by atoms with Crippen LogP contribution in [0, 0.1) is 0 Å². The van der Waals surface area contributed by atoms with E-state index < -0.39 is 0 Å². The largest absolute Gasteiger partial charge is 0.466 e. The van der Waals surface area contributed by atoms with Crippen molar-refractivity contribution in [3.63, 3.8) is 0 Å². The molecule has 3 nitrogen and oxygen atoms in total. The molecule has 0 spiro atoms. The lowest BCUT2D eigenvalue weighted by Crippen LogP contribution is -2.06. The summed E-state index contributed by atoms with van der Waals surface area (Å²) < 4.78 is 4.84. The van der Waals surface area contributed by atoms with E-state index in [1.807, 2.05) is 6.20 Å². The monoisotopic (exact) mass is 213 g/mol. The number of ether oxygens (including phenoxy) is 1. The van der Waals surface area contributed by atoms with Gasteiger partial charge in [0, 0.05) is 11.1 Å². The predicted octanol–water partition coefficient (Wildman–Crippen LogP) is 2.37. The highest BCUT2D eigenvalue weighted by Gasteiger charge is 2.09. The first-order valence-electron chi connectivity index (χ1n) is 4.73. The van der Waals surface area contributed by atoms with E-state index in [0.717, 1.165) is 5.01 Å². The number of hydrogen-bond acceptors (Lipinski definition) is 4. The number of rotatable bonds is 4. The van der Waals surface area contributed by atoms with Crippen LogP contribution in [0.2, 0.25) is 0 Å². The van der Waals surface area contributed by atoms with Crippen LogP contribution in [-0.2, 0) is 16.0 Å². The summed E-state index contributed by atoms with van der Waals surface area (Å²) in [6.45, 7) is 6.46. The van der Waals surface area contributed by atoms with Crippen molar-refractivity contribution in [1.29, 1.82) is 0 Å². The van der Waals surface area contributed by atoms with Gasteiger partial charge in [0.25, 0.3) is 0 Å². The molecule has 14 heavy (non-hydrogen) atoms. The Labute approximate surface area is 88.1 Å². The molecule has 1 rings (SSSR count). The first-order valence-corrected chi connectivity index (χ1v) is 5.55. The summed E-state index contributed by atoms with van der Waals surface area (Å²) in [5, 5.41) is 0.840. The van der Waals surface area contributed by atoms with Gasteiger partial charge in [-0.3, -0.25) is 4.79 Å². The molecular formula is C10H15NO2S. The molecule has 0 unspecified atom stereocenters. The molecule has 1 aromatic heterocycles. The van der Waals surface area contributed by atoms with E-state index in [1.54, 1.807) is 18.3 Å². The third kappa shape index (κ3) is 3.10. The fourth-order valence-corrected chi connectivity index (χ4v) is 1.92. The van der Waals surface area contributed by atoms with Crippen molar-refractivity contribution in [2.45, 2.75) is 33.1 Å². The van der Waals surface area contributed by atoms with Gasteiger partial charge in [-0.05, 0) is 12.8 Å². The van der Waals surface area contributed by atoms with Crippen LogP contribution in [0.25, 0.3) is 0 Å². The summed E-state index contributed by atoms with van der Waals surface area (Å²) in [5.41, 5.74) is 0. The van der Waals surface area contributed by atoms with Crippen LogP contribution >= 0.6 is 11.3 Å². The van der Waals surface area contributed by atoms with Gasteiger partial charge in [0.2, 0.25) is 0 Å². The molecule has 0 aliphatic rings. The SMILES string of the molecule is CCOC(=O)Cc1ncc(C(C)C)s1. The highest BCUT2D eigenvalue weighted by molar-refractivity contribution is 7.11. The molecule has 0 fully saturated rings. The normalized spacial score (nSPS) is 10.6. The summed E-state index contributed by atoms with van der Waals surface area (Å²) in [6, 6.07) is 0. The highest BCUT2D eigenvalue weighted by Crippen LogP contribution is 2.22. The van der Waals surface area contributed by atoms with Gasteiger partial charge in [-0.25, -0.2) is 4.98 Å². The molecule has 0 saturated heterocycles. The summed E-state index contributed by atoms with van der Waals surface area (Å²) >= 11 is 1.58. The Morgan fingerprint density at radius 2 is 2.36 bits per heavy atom. The summed E-state index contributed by atoms with van der Waals surface area (Å²) in [7, 11) is 0. The lowest BCUT2D eigenvalue weighted by molar-refractivity contribution is -0.142. The fraction of sp³-hybridized carbons (Fsp3) is 0.600. The first kappa shape index (κ1) is 11.2. The predicted molar refractivity (Wildman–Crippen MR) is 56.5 cm³/mol. The van der Waals surface area contributed by atoms with E-state index >= 15 is 0 Å². The fourth-order valence-electron chi connectivity index (χ4n) is 1.01. The van der Waals surface area contributed by atoms with E-state index in [-0.39, 0.29) is 5.97 Å². The van der Waals surface area contributed by atoms with Crippen LogP contribution in [-0.4, -0.2) is 17.6 Å². The topological polar surface area (TPSA) is 39.2 Å². The zero-order valence-electron chi connectivity index (χ0n) is 8.74. The lowest BCUT2D eigenvalue weighted by atomic mass is 10.2. The lowest BCUT2D eigenvalue weighted by Gasteiger charge is -1.98. The second-order valence-electron chi connectivity index (χ2n) is 3.29. The molecular weight excluding hydrogens is 198 g/mol. The van der Waals surface area contributed by atoms with Gasteiger partial charge in [-0.1, -0.05) is 13.8 Å². The minimum Gasteiger partial charge on any atom is -0.466 e. The summed E-state index contributed by atoms with van der Waals surface area (Å²) in [5.74, 6) is 0.278. The molecule has 0 saturated carbocycles. The van der Waals surface area contributed by atoms with Gasteiger partial charge < -0.3 is 4.74 Å². The van der Waals surface area contributed by atoms with E-state index in [4.69, 9.17) is 4.74 Å². The molecule has 0 aliphatic heterocycles. The van der Waals surface area contributed by atoms with Crippen LogP contribution in [0.4, 0.5) is 0 Å². The average Bonchev–Trinajstić information content (AvgIpc) is 2.53. The first-order chi connectivity index (χ1) is 6.63.